The van der Waals surface area contributed by atoms with Gasteiger partial charge in [0.25, 0.3) is 0 Å². The van der Waals surface area contributed by atoms with Gasteiger partial charge in [-0.3, -0.25) is 0 Å². The van der Waals surface area contributed by atoms with Crippen molar-refractivity contribution in [2.45, 2.75) is 32.2 Å². The lowest BCUT2D eigenvalue weighted by atomic mass is 9.95. The van der Waals surface area contributed by atoms with Crippen LogP contribution in [0.4, 0.5) is 0 Å². The van der Waals surface area contributed by atoms with Gasteiger partial charge >= 0.3 is 0 Å². The Morgan fingerprint density at radius 2 is 2.11 bits per heavy atom. The molecule has 0 radical (unpaired) electrons. The van der Waals surface area contributed by atoms with Crippen molar-refractivity contribution in [1.82, 2.24) is 4.57 Å². The van der Waals surface area contributed by atoms with E-state index in [1.54, 1.807) is 7.11 Å². The van der Waals surface area contributed by atoms with Crippen LogP contribution in [0.15, 0.2) is 12.1 Å². The lowest BCUT2D eigenvalue weighted by Gasteiger charge is -2.15. The molecule has 0 unspecified atom stereocenters. The molecule has 2 N–H and O–H groups in total. The summed E-state index contributed by atoms with van der Waals surface area (Å²) >= 11 is 6.43. The quantitative estimate of drug-likeness (QED) is 0.937. The summed E-state index contributed by atoms with van der Waals surface area (Å²) in [4.78, 5) is 0. The molecule has 3 nitrogen and oxygen atoms in total. The van der Waals surface area contributed by atoms with Crippen LogP contribution in [0.2, 0.25) is 5.02 Å². The van der Waals surface area contributed by atoms with E-state index < -0.39 is 0 Å². The predicted molar refractivity (Wildman–Crippen MR) is 79.2 cm³/mol. The van der Waals surface area contributed by atoms with Crippen molar-refractivity contribution < 1.29 is 4.74 Å². The smallest absolute Gasteiger partial charge is 0.128 e. The normalized spacial score (nSPS) is 14.7. The molecule has 1 aliphatic carbocycles. The zero-order valence-electron chi connectivity index (χ0n) is 11.2. The highest BCUT2D eigenvalue weighted by Gasteiger charge is 2.23. The molecule has 0 amide bonds. The van der Waals surface area contributed by atoms with Gasteiger partial charge in [0.1, 0.15) is 5.75 Å². The fourth-order valence-corrected chi connectivity index (χ4v) is 3.50. The molecule has 0 bridgehead atoms. The minimum atomic E-state index is 0.629. The number of hydrogen-bond donors (Lipinski definition) is 1. The highest BCUT2D eigenvalue weighted by Crippen LogP contribution is 2.40. The number of fused-ring (bicyclic) bond motifs is 3. The fourth-order valence-electron chi connectivity index (χ4n) is 3.24. The molecule has 0 saturated heterocycles. The molecule has 0 atom stereocenters. The molecule has 1 heterocycles. The number of nitrogens with zero attached hydrogens (tertiary/aromatic N) is 1. The molecular formula is C15H19ClN2O. The predicted octanol–water partition coefficient (Wildman–Crippen LogP) is 3.14. The second-order valence-corrected chi connectivity index (χ2v) is 5.45. The molecule has 2 aromatic rings. The average Bonchev–Trinajstić information content (AvgIpc) is 2.77. The molecule has 3 rings (SSSR count). The van der Waals surface area contributed by atoms with Gasteiger partial charge in [0.05, 0.1) is 17.6 Å². The summed E-state index contributed by atoms with van der Waals surface area (Å²) in [7, 11) is 1.72. The molecule has 0 saturated carbocycles. The van der Waals surface area contributed by atoms with Gasteiger partial charge in [-0.2, -0.15) is 0 Å². The summed E-state index contributed by atoms with van der Waals surface area (Å²) in [6.07, 6.45) is 4.71. The first-order chi connectivity index (χ1) is 9.27. The van der Waals surface area contributed by atoms with Crippen molar-refractivity contribution >= 4 is 22.5 Å². The van der Waals surface area contributed by atoms with Crippen LogP contribution in [0.3, 0.4) is 0 Å². The van der Waals surface area contributed by atoms with Crippen LogP contribution in [-0.2, 0) is 19.4 Å². The van der Waals surface area contributed by atoms with E-state index in [4.69, 9.17) is 22.1 Å². The number of aryl methyl sites for hydroxylation is 1. The number of hydrogen-bond acceptors (Lipinski definition) is 2. The van der Waals surface area contributed by atoms with Gasteiger partial charge in [-0.25, -0.2) is 0 Å². The van der Waals surface area contributed by atoms with Crippen LogP contribution >= 0.6 is 11.6 Å². The maximum absolute atomic E-state index is 6.43. The Bertz CT molecular complexity index is 618. The standard InChI is InChI=1S/C15H19ClN2O/c1-19-13-7-6-11(16)15-14(13)10-4-2-3-5-12(10)18(15)9-8-17/h6-7H,2-5,8-9,17H2,1H3. The van der Waals surface area contributed by atoms with E-state index in [2.05, 4.69) is 4.57 Å². The fraction of sp³-hybridized carbons (Fsp3) is 0.467. The van der Waals surface area contributed by atoms with E-state index in [0.717, 1.165) is 35.7 Å². The Balaban J connectivity index is 2.38. The summed E-state index contributed by atoms with van der Waals surface area (Å²) in [6.45, 7) is 1.45. The zero-order valence-corrected chi connectivity index (χ0v) is 12.0. The van der Waals surface area contributed by atoms with Crippen molar-refractivity contribution in [1.29, 1.82) is 0 Å². The van der Waals surface area contributed by atoms with E-state index in [0.29, 0.717) is 6.54 Å². The van der Waals surface area contributed by atoms with Gasteiger partial charge in [-0.1, -0.05) is 11.6 Å². The Morgan fingerprint density at radius 3 is 2.84 bits per heavy atom. The summed E-state index contributed by atoms with van der Waals surface area (Å²) in [5, 5.41) is 1.98. The molecule has 102 valence electrons. The highest BCUT2D eigenvalue weighted by atomic mass is 35.5. The SMILES string of the molecule is COc1ccc(Cl)c2c1c1c(n2CCN)CCCC1. The molecule has 19 heavy (non-hydrogen) atoms. The van der Waals surface area contributed by atoms with Crippen molar-refractivity contribution in [3.05, 3.63) is 28.4 Å². The van der Waals surface area contributed by atoms with E-state index in [1.165, 1.54) is 29.5 Å². The van der Waals surface area contributed by atoms with E-state index >= 15 is 0 Å². The van der Waals surface area contributed by atoms with Gasteiger partial charge in [0.15, 0.2) is 0 Å². The highest BCUT2D eigenvalue weighted by molar-refractivity contribution is 6.35. The summed E-state index contributed by atoms with van der Waals surface area (Å²) < 4.78 is 7.84. The minimum Gasteiger partial charge on any atom is -0.496 e. The molecule has 1 aromatic heterocycles. The minimum absolute atomic E-state index is 0.629. The van der Waals surface area contributed by atoms with E-state index in [1.807, 2.05) is 12.1 Å². The van der Waals surface area contributed by atoms with Crippen LogP contribution in [0, 0.1) is 0 Å². The van der Waals surface area contributed by atoms with E-state index in [9.17, 15) is 0 Å². The van der Waals surface area contributed by atoms with Crippen LogP contribution in [0.1, 0.15) is 24.1 Å². The maximum Gasteiger partial charge on any atom is 0.128 e. The largest absolute Gasteiger partial charge is 0.496 e. The molecule has 0 fully saturated rings. The summed E-state index contributed by atoms with van der Waals surface area (Å²) in [6, 6.07) is 3.88. The number of methoxy groups -OCH3 is 1. The van der Waals surface area contributed by atoms with Gasteiger partial charge in [-0.15, -0.1) is 0 Å². The molecule has 1 aliphatic rings. The van der Waals surface area contributed by atoms with Gasteiger partial charge in [0.2, 0.25) is 0 Å². The Hall–Kier alpha value is -1.19. The van der Waals surface area contributed by atoms with Crippen LogP contribution < -0.4 is 10.5 Å². The molecule has 1 aromatic carbocycles. The summed E-state index contributed by atoms with van der Waals surface area (Å²) in [5.41, 5.74) is 9.68. The maximum atomic E-state index is 6.43. The Morgan fingerprint density at radius 1 is 1.32 bits per heavy atom. The van der Waals surface area contributed by atoms with Crippen LogP contribution in [-0.4, -0.2) is 18.2 Å². The number of benzene rings is 1. The average molecular weight is 279 g/mol. The number of rotatable bonds is 3. The topological polar surface area (TPSA) is 40.2 Å². The first kappa shape index (κ1) is 12.8. The third-order valence-corrected chi connectivity index (χ3v) is 4.30. The summed E-state index contributed by atoms with van der Waals surface area (Å²) in [5.74, 6) is 0.924. The van der Waals surface area contributed by atoms with Crippen molar-refractivity contribution in [3.63, 3.8) is 0 Å². The number of ether oxygens (including phenoxy) is 1. The molecular weight excluding hydrogens is 260 g/mol. The van der Waals surface area contributed by atoms with Gasteiger partial charge in [0, 0.05) is 24.2 Å². The second kappa shape index (κ2) is 5.06. The zero-order chi connectivity index (χ0) is 13.4. The third kappa shape index (κ3) is 1.92. The first-order valence-corrected chi connectivity index (χ1v) is 7.22. The van der Waals surface area contributed by atoms with Crippen LogP contribution in [0.5, 0.6) is 5.75 Å². The van der Waals surface area contributed by atoms with Crippen LogP contribution in [0.25, 0.3) is 10.9 Å². The van der Waals surface area contributed by atoms with Gasteiger partial charge in [-0.05, 0) is 43.4 Å². The third-order valence-electron chi connectivity index (χ3n) is 4.00. The molecule has 0 spiro atoms. The van der Waals surface area contributed by atoms with Crippen molar-refractivity contribution in [2.24, 2.45) is 5.73 Å². The first-order valence-electron chi connectivity index (χ1n) is 6.84. The number of aromatic nitrogens is 1. The van der Waals surface area contributed by atoms with Crippen molar-refractivity contribution in [2.75, 3.05) is 13.7 Å². The lowest BCUT2D eigenvalue weighted by Crippen LogP contribution is -2.14. The lowest BCUT2D eigenvalue weighted by molar-refractivity contribution is 0.419. The number of nitrogens with two attached hydrogens (primary N) is 1. The molecule has 0 aliphatic heterocycles. The van der Waals surface area contributed by atoms with Crippen molar-refractivity contribution in [3.8, 4) is 5.75 Å². The van der Waals surface area contributed by atoms with Gasteiger partial charge < -0.3 is 15.0 Å². The second-order valence-electron chi connectivity index (χ2n) is 5.05. The Kier molecular flexibility index (Phi) is 3.42. The monoisotopic (exact) mass is 278 g/mol. The van der Waals surface area contributed by atoms with E-state index in [-0.39, 0.29) is 0 Å². The molecule has 4 heteroatoms. The Labute approximate surface area is 118 Å². The number of halogens is 1.